The van der Waals surface area contributed by atoms with E-state index < -0.39 is 4.92 Å². The topological polar surface area (TPSA) is 90.9 Å². The molecular weight excluding hydrogens is 388 g/mol. The van der Waals surface area contributed by atoms with Crippen LogP contribution in [0.2, 0.25) is 5.02 Å². The van der Waals surface area contributed by atoms with Crippen molar-refractivity contribution in [2.45, 2.75) is 12.1 Å². The largest absolute Gasteiger partial charge is 0.305 e. The van der Waals surface area contributed by atoms with Crippen molar-refractivity contribution in [3.05, 3.63) is 68.7 Å². The van der Waals surface area contributed by atoms with E-state index in [1.54, 1.807) is 35.8 Å². The number of halogens is 1. The molecule has 0 bridgehead atoms. The average molecular weight is 403 g/mol. The number of aryl methyl sites for hydroxylation is 1. The predicted molar refractivity (Wildman–Crippen MR) is 104 cm³/mol. The molecule has 2 aromatic carbocycles. The Kier molecular flexibility index (Phi) is 5.57. The smallest absolute Gasteiger partial charge is 0.273 e. The van der Waals surface area contributed by atoms with E-state index in [1.807, 2.05) is 19.2 Å². The quantitative estimate of drug-likeness (QED) is 0.264. The van der Waals surface area contributed by atoms with Gasteiger partial charge in [0.15, 0.2) is 16.8 Å². The van der Waals surface area contributed by atoms with Gasteiger partial charge in [-0.05, 0) is 31.2 Å². The molecule has 0 aliphatic heterocycles. The van der Waals surface area contributed by atoms with Gasteiger partial charge >= 0.3 is 0 Å². The monoisotopic (exact) mass is 402 g/mol. The minimum atomic E-state index is -0.486. The molecule has 0 radical (unpaired) electrons. The molecular formula is C18H15ClN4O3S. The van der Waals surface area contributed by atoms with E-state index in [0.717, 1.165) is 5.56 Å². The second-order valence-corrected chi connectivity index (χ2v) is 7.22. The van der Waals surface area contributed by atoms with Crippen LogP contribution in [0, 0.1) is 17.0 Å². The van der Waals surface area contributed by atoms with Crippen molar-refractivity contribution in [1.29, 1.82) is 0 Å². The van der Waals surface area contributed by atoms with Crippen LogP contribution in [-0.4, -0.2) is 31.2 Å². The van der Waals surface area contributed by atoms with Crippen LogP contribution in [0.25, 0.3) is 11.4 Å². The fourth-order valence-electron chi connectivity index (χ4n) is 2.48. The van der Waals surface area contributed by atoms with Crippen molar-refractivity contribution in [3.63, 3.8) is 0 Å². The van der Waals surface area contributed by atoms with Gasteiger partial charge < -0.3 is 4.57 Å². The molecule has 0 spiro atoms. The maximum atomic E-state index is 12.4. The lowest BCUT2D eigenvalue weighted by Gasteiger charge is -2.05. The average Bonchev–Trinajstić information content (AvgIpc) is 3.01. The molecule has 7 nitrogen and oxygen atoms in total. The Hall–Kier alpha value is -2.71. The molecule has 0 amide bonds. The zero-order valence-corrected chi connectivity index (χ0v) is 16.1. The highest BCUT2D eigenvalue weighted by Gasteiger charge is 2.17. The van der Waals surface area contributed by atoms with Gasteiger partial charge in [-0.3, -0.25) is 14.9 Å². The number of nitro groups is 1. The van der Waals surface area contributed by atoms with Crippen LogP contribution in [0.1, 0.15) is 15.9 Å². The van der Waals surface area contributed by atoms with Crippen molar-refractivity contribution in [2.75, 3.05) is 5.75 Å². The number of benzene rings is 2. The molecule has 0 saturated carbocycles. The lowest BCUT2D eigenvalue weighted by molar-refractivity contribution is -0.385. The van der Waals surface area contributed by atoms with Crippen LogP contribution >= 0.6 is 23.4 Å². The van der Waals surface area contributed by atoms with Crippen molar-refractivity contribution in [2.24, 2.45) is 7.05 Å². The highest BCUT2D eigenvalue weighted by atomic mass is 35.5. The number of carbonyl (C=O) groups is 1. The third kappa shape index (κ3) is 4.17. The fourth-order valence-corrected chi connectivity index (χ4v) is 3.42. The number of nitrogens with zero attached hydrogens (tertiary/aromatic N) is 4. The minimum absolute atomic E-state index is 0.0606. The van der Waals surface area contributed by atoms with Crippen LogP contribution in [0.4, 0.5) is 5.69 Å². The number of aromatic nitrogens is 3. The van der Waals surface area contributed by atoms with Gasteiger partial charge in [-0.25, -0.2) is 0 Å². The zero-order chi connectivity index (χ0) is 19.6. The van der Waals surface area contributed by atoms with Crippen molar-refractivity contribution < 1.29 is 9.72 Å². The summed E-state index contributed by atoms with van der Waals surface area (Å²) >= 11 is 7.13. The number of Topliss-reactive ketones (excluding diaryl/α,β-unsaturated/α-hetero) is 1. The van der Waals surface area contributed by atoms with E-state index >= 15 is 0 Å². The number of hydrogen-bond acceptors (Lipinski definition) is 6. The SMILES string of the molecule is Cc1ccc(C(=O)CSc2nnc(-c3ccc(Cl)cc3)n2C)cc1[N+](=O)[O-]. The van der Waals surface area contributed by atoms with Crippen molar-refractivity contribution in [1.82, 2.24) is 14.8 Å². The molecule has 27 heavy (non-hydrogen) atoms. The van der Waals surface area contributed by atoms with Crippen LogP contribution in [-0.2, 0) is 7.05 Å². The molecule has 138 valence electrons. The molecule has 3 aromatic rings. The maximum Gasteiger partial charge on any atom is 0.273 e. The first-order valence-electron chi connectivity index (χ1n) is 7.93. The molecule has 0 aliphatic carbocycles. The van der Waals surface area contributed by atoms with Crippen molar-refractivity contribution >= 4 is 34.8 Å². The first kappa shape index (κ1) is 19.1. The molecule has 1 aromatic heterocycles. The second kappa shape index (κ2) is 7.89. The summed E-state index contributed by atoms with van der Waals surface area (Å²) in [5.41, 5.74) is 1.63. The van der Waals surface area contributed by atoms with Gasteiger partial charge in [0.2, 0.25) is 0 Å². The Labute approximate surface area is 164 Å². The summed E-state index contributed by atoms with van der Waals surface area (Å²) in [4.78, 5) is 23.0. The van der Waals surface area contributed by atoms with Gasteiger partial charge in [-0.2, -0.15) is 0 Å². The zero-order valence-electron chi connectivity index (χ0n) is 14.5. The number of rotatable bonds is 6. The fraction of sp³-hybridized carbons (Fsp3) is 0.167. The maximum absolute atomic E-state index is 12.4. The highest BCUT2D eigenvalue weighted by molar-refractivity contribution is 7.99. The second-order valence-electron chi connectivity index (χ2n) is 5.84. The van der Waals surface area contributed by atoms with Crippen LogP contribution in [0.5, 0.6) is 0 Å². The molecule has 0 unspecified atom stereocenters. The molecule has 0 aliphatic rings. The molecule has 0 N–H and O–H groups in total. The summed E-state index contributed by atoms with van der Waals surface area (Å²) in [5.74, 6) is 0.555. The van der Waals surface area contributed by atoms with Crippen LogP contribution in [0.15, 0.2) is 47.6 Å². The third-order valence-electron chi connectivity index (χ3n) is 4.00. The number of thioether (sulfide) groups is 1. The van der Waals surface area contributed by atoms with Crippen LogP contribution in [0.3, 0.4) is 0 Å². The van der Waals surface area contributed by atoms with E-state index in [9.17, 15) is 14.9 Å². The number of ketones is 1. The summed E-state index contributed by atoms with van der Waals surface area (Å²) in [6.45, 7) is 1.64. The lowest BCUT2D eigenvalue weighted by atomic mass is 10.1. The van der Waals surface area contributed by atoms with Gasteiger partial charge in [0.05, 0.1) is 10.7 Å². The summed E-state index contributed by atoms with van der Waals surface area (Å²) < 4.78 is 1.79. The molecule has 3 rings (SSSR count). The van der Waals surface area contributed by atoms with Crippen LogP contribution < -0.4 is 0 Å². The predicted octanol–water partition coefficient (Wildman–Crippen LogP) is 4.33. The summed E-state index contributed by atoms with van der Waals surface area (Å²) in [5, 5.41) is 20.5. The molecule has 0 saturated heterocycles. The van der Waals surface area contributed by atoms with Gasteiger partial charge in [0.25, 0.3) is 5.69 Å². The van der Waals surface area contributed by atoms with E-state index in [-0.39, 0.29) is 17.2 Å². The van der Waals surface area contributed by atoms with Crippen molar-refractivity contribution in [3.8, 4) is 11.4 Å². The lowest BCUT2D eigenvalue weighted by Crippen LogP contribution is -2.05. The number of carbonyl (C=O) groups excluding carboxylic acids is 1. The van der Waals surface area contributed by atoms with E-state index in [1.165, 1.54) is 17.8 Å². The Morgan fingerprint density at radius 1 is 1.22 bits per heavy atom. The first-order chi connectivity index (χ1) is 12.9. The van der Waals surface area contributed by atoms with E-state index in [2.05, 4.69) is 10.2 Å². The Morgan fingerprint density at radius 2 is 1.93 bits per heavy atom. The first-order valence-corrected chi connectivity index (χ1v) is 9.29. The molecule has 9 heteroatoms. The Balaban J connectivity index is 1.74. The van der Waals surface area contributed by atoms with E-state index in [0.29, 0.717) is 27.1 Å². The van der Waals surface area contributed by atoms with Gasteiger partial charge in [-0.15, -0.1) is 10.2 Å². The van der Waals surface area contributed by atoms with E-state index in [4.69, 9.17) is 11.6 Å². The van der Waals surface area contributed by atoms with Gasteiger partial charge in [-0.1, -0.05) is 35.5 Å². The Morgan fingerprint density at radius 3 is 2.59 bits per heavy atom. The minimum Gasteiger partial charge on any atom is -0.305 e. The standard InChI is InChI=1S/C18H15ClN4O3S/c1-11-3-4-13(9-15(11)23(25)26)16(24)10-27-18-21-20-17(22(18)2)12-5-7-14(19)8-6-12/h3-9H,10H2,1-2H3. The summed E-state index contributed by atoms with van der Waals surface area (Å²) in [6.07, 6.45) is 0. The molecule has 1 heterocycles. The Bertz CT molecular complexity index is 1020. The number of hydrogen-bond donors (Lipinski definition) is 0. The molecule has 0 fully saturated rings. The normalized spacial score (nSPS) is 10.8. The molecule has 0 atom stereocenters. The van der Waals surface area contributed by atoms with Gasteiger partial charge in [0.1, 0.15) is 0 Å². The summed E-state index contributed by atoms with van der Waals surface area (Å²) in [6, 6.07) is 11.7. The third-order valence-corrected chi connectivity index (χ3v) is 5.27. The highest BCUT2D eigenvalue weighted by Crippen LogP contribution is 2.25. The number of nitro benzene ring substituents is 1. The summed E-state index contributed by atoms with van der Waals surface area (Å²) in [7, 11) is 1.81. The van der Waals surface area contributed by atoms with Gasteiger partial charge in [0, 0.05) is 34.8 Å².